The summed E-state index contributed by atoms with van der Waals surface area (Å²) in [6.07, 6.45) is 3.33. The summed E-state index contributed by atoms with van der Waals surface area (Å²) in [7, 11) is 2.75. The van der Waals surface area contributed by atoms with E-state index in [2.05, 4.69) is 15.3 Å². The lowest BCUT2D eigenvalue weighted by Gasteiger charge is -2.28. The topological polar surface area (TPSA) is 133 Å². The molecule has 2 aromatic heterocycles. The SMILES string of the molecule is CNC(=O)c1ncn2c1CC[C@@H](c1c(F)ccc(N(c3cc(C#N)cnc3OC)S(=O)O)c1F)C2. The lowest BCUT2D eigenvalue weighted by atomic mass is 9.89. The second-order valence-electron chi connectivity index (χ2n) is 7.69. The van der Waals surface area contributed by atoms with Crippen molar-refractivity contribution in [1.29, 1.82) is 5.26 Å². The molecule has 0 saturated carbocycles. The normalized spacial score (nSPS) is 15.6. The van der Waals surface area contributed by atoms with E-state index in [9.17, 15) is 23.2 Å². The van der Waals surface area contributed by atoms with Crippen LogP contribution in [-0.4, -0.2) is 43.4 Å². The van der Waals surface area contributed by atoms with Gasteiger partial charge in [-0.2, -0.15) is 5.26 Å². The quantitative estimate of drug-likeness (QED) is 0.495. The molecule has 3 heterocycles. The maximum absolute atomic E-state index is 15.9. The Hall–Kier alpha value is -3.89. The van der Waals surface area contributed by atoms with Crippen molar-refractivity contribution in [2.24, 2.45) is 0 Å². The Morgan fingerprint density at radius 3 is 2.80 bits per heavy atom. The van der Waals surface area contributed by atoms with Gasteiger partial charge in [0.05, 0.1) is 30.4 Å². The number of rotatable bonds is 6. The summed E-state index contributed by atoms with van der Waals surface area (Å²) < 4.78 is 60.6. The van der Waals surface area contributed by atoms with E-state index in [4.69, 9.17) is 4.74 Å². The van der Waals surface area contributed by atoms with Gasteiger partial charge in [-0.25, -0.2) is 27.3 Å². The molecule has 2 N–H and O–H groups in total. The van der Waals surface area contributed by atoms with E-state index in [0.29, 0.717) is 22.8 Å². The number of nitrogens with one attached hydrogen (secondary N) is 1. The standard InChI is InChI=1S/C22H20F2N6O4S/c1-26-21(31)20-16-5-3-13(10-29(16)11-28-20)18-14(23)4-6-15(19(18)24)30(35(32)33)17-7-12(8-25)9-27-22(17)34-2/h4,6-7,9,11,13H,3,5,10H2,1-2H3,(H,26,31)(H,32,33)/t13-/m1/s1. The van der Waals surface area contributed by atoms with Crippen LogP contribution < -0.4 is 14.4 Å². The van der Waals surface area contributed by atoms with Gasteiger partial charge in [-0.05, 0) is 31.0 Å². The fraction of sp³-hybridized carbons (Fsp3) is 0.273. The lowest BCUT2D eigenvalue weighted by molar-refractivity contribution is 0.0957. The molecule has 10 nitrogen and oxygen atoms in total. The van der Waals surface area contributed by atoms with E-state index in [1.165, 1.54) is 32.7 Å². The third kappa shape index (κ3) is 4.33. The Bertz CT molecular complexity index is 1370. The predicted octanol–water partition coefficient (Wildman–Crippen LogP) is 2.80. The minimum Gasteiger partial charge on any atom is -0.479 e. The first-order chi connectivity index (χ1) is 16.8. The maximum atomic E-state index is 15.9. The molecule has 13 heteroatoms. The molecule has 1 unspecified atom stereocenters. The smallest absolute Gasteiger partial charge is 0.271 e. The Morgan fingerprint density at radius 2 is 2.14 bits per heavy atom. The average Bonchev–Trinajstić information content (AvgIpc) is 3.28. The van der Waals surface area contributed by atoms with Gasteiger partial charge in [0.25, 0.3) is 17.2 Å². The number of hydrogen-bond donors (Lipinski definition) is 2. The number of fused-ring (bicyclic) bond motifs is 1. The number of pyridine rings is 1. The van der Waals surface area contributed by atoms with Crippen molar-refractivity contribution in [2.75, 3.05) is 18.5 Å². The second-order valence-corrected chi connectivity index (χ2v) is 8.52. The van der Waals surface area contributed by atoms with Crippen LogP contribution in [0.3, 0.4) is 0 Å². The predicted molar refractivity (Wildman–Crippen MR) is 121 cm³/mol. The molecule has 1 amide bonds. The molecule has 1 aliphatic rings. The van der Waals surface area contributed by atoms with Gasteiger partial charge in [-0.3, -0.25) is 9.35 Å². The number of hydrogen-bond acceptors (Lipinski definition) is 6. The Labute approximate surface area is 201 Å². The van der Waals surface area contributed by atoms with Crippen LogP contribution in [0.1, 0.15) is 39.6 Å². The third-order valence-electron chi connectivity index (χ3n) is 5.80. The molecule has 1 aromatic carbocycles. The number of carbonyl (C=O) groups excluding carboxylic acids is 1. The molecule has 1 aliphatic heterocycles. The minimum absolute atomic E-state index is 0.0471. The summed E-state index contributed by atoms with van der Waals surface area (Å²) in [5.74, 6) is -2.95. The van der Waals surface area contributed by atoms with Crippen LogP contribution in [0.25, 0.3) is 0 Å². The number of methoxy groups -OCH3 is 1. The largest absolute Gasteiger partial charge is 0.479 e. The molecule has 0 bridgehead atoms. The van der Waals surface area contributed by atoms with Gasteiger partial charge in [0.1, 0.15) is 23.3 Å². The molecule has 0 radical (unpaired) electrons. The number of nitrogens with zero attached hydrogens (tertiary/aromatic N) is 5. The highest BCUT2D eigenvalue weighted by atomic mass is 32.2. The molecule has 0 spiro atoms. The van der Waals surface area contributed by atoms with Crippen LogP contribution in [0, 0.1) is 23.0 Å². The molecular formula is C22H20F2N6O4S. The summed E-state index contributed by atoms with van der Waals surface area (Å²) in [4.78, 5) is 20.1. The zero-order valence-electron chi connectivity index (χ0n) is 18.7. The van der Waals surface area contributed by atoms with E-state index in [-0.39, 0.29) is 46.5 Å². The van der Waals surface area contributed by atoms with Crippen molar-refractivity contribution in [3.63, 3.8) is 0 Å². The third-order valence-corrected chi connectivity index (χ3v) is 6.50. The zero-order valence-corrected chi connectivity index (χ0v) is 19.5. The summed E-state index contributed by atoms with van der Waals surface area (Å²) >= 11 is -2.82. The van der Waals surface area contributed by atoms with Gasteiger partial charge >= 0.3 is 0 Å². The summed E-state index contributed by atoms with van der Waals surface area (Å²) in [6.45, 7) is 0.160. The molecule has 0 fully saturated rings. The molecule has 182 valence electrons. The lowest BCUT2D eigenvalue weighted by Crippen LogP contribution is -2.26. The van der Waals surface area contributed by atoms with Gasteiger partial charge in [0.15, 0.2) is 5.82 Å². The van der Waals surface area contributed by atoms with Crippen LogP contribution in [-0.2, 0) is 24.2 Å². The molecule has 35 heavy (non-hydrogen) atoms. The first-order valence-corrected chi connectivity index (χ1v) is 11.5. The first kappa shape index (κ1) is 24.2. The monoisotopic (exact) mass is 502 g/mol. The van der Waals surface area contributed by atoms with Gasteiger partial charge < -0.3 is 14.6 Å². The van der Waals surface area contributed by atoms with Crippen molar-refractivity contribution in [3.05, 3.63) is 64.9 Å². The number of benzene rings is 1. The van der Waals surface area contributed by atoms with Gasteiger partial charge in [-0.15, -0.1) is 0 Å². The minimum atomic E-state index is -2.82. The number of imidazole rings is 1. The van der Waals surface area contributed by atoms with Crippen LogP contribution in [0.2, 0.25) is 0 Å². The second kappa shape index (κ2) is 9.77. The first-order valence-electron chi connectivity index (χ1n) is 10.4. The van der Waals surface area contributed by atoms with E-state index < -0.39 is 28.8 Å². The zero-order chi connectivity index (χ0) is 25.3. The van der Waals surface area contributed by atoms with E-state index in [1.807, 2.05) is 6.07 Å². The van der Waals surface area contributed by atoms with Gasteiger partial charge in [0.2, 0.25) is 5.88 Å². The maximum Gasteiger partial charge on any atom is 0.271 e. The number of anilines is 2. The van der Waals surface area contributed by atoms with E-state index >= 15 is 4.39 Å². The highest BCUT2D eigenvalue weighted by Gasteiger charge is 2.32. The number of nitriles is 1. The van der Waals surface area contributed by atoms with Crippen molar-refractivity contribution in [2.45, 2.75) is 25.3 Å². The number of ether oxygens (including phenoxy) is 1. The van der Waals surface area contributed by atoms with Crippen LogP contribution in [0.4, 0.5) is 20.2 Å². The molecule has 0 aliphatic carbocycles. The summed E-state index contributed by atoms with van der Waals surface area (Å²) in [6, 6.07) is 5.13. The highest BCUT2D eigenvalue weighted by Crippen LogP contribution is 2.40. The average molecular weight is 503 g/mol. The van der Waals surface area contributed by atoms with Gasteiger partial charge in [0, 0.05) is 31.3 Å². The number of carbonyl (C=O) groups is 1. The van der Waals surface area contributed by atoms with Crippen molar-refractivity contribution in [1.82, 2.24) is 19.9 Å². The molecule has 3 aromatic rings. The summed E-state index contributed by atoms with van der Waals surface area (Å²) in [5.41, 5.74) is 0.187. The van der Waals surface area contributed by atoms with Crippen LogP contribution in [0.15, 0.2) is 30.7 Å². The molecule has 0 saturated heterocycles. The highest BCUT2D eigenvalue weighted by molar-refractivity contribution is 7.81. The van der Waals surface area contributed by atoms with Gasteiger partial charge in [-0.1, -0.05) is 0 Å². The van der Waals surface area contributed by atoms with E-state index in [1.54, 1.807) is 4.57 Å². The molecule has 4 rings (SSSR count). The fourth-order valence-electron chi connectivity index (χ4n) is 4.20. The number of halogens is 2. The Morgan fingerprint density at radius 1 is 1.37 bits per heavy atom. The summed E-state index contributed by atoms with van der Waals surface area (Å²) in [5, 5.41) is 11.7. The molecule has 2 atom stereocenters. The Balaban J connectivity index is 1.78. The number of amides is 1. The Kier molecular flexibility index (Phi) is 6.77. The van der Waals surface area contributed by atoms with Crippen LogP contribution in [0.5, 0.6) is 5.88 Å². The van der Waals surface area contributed by atoms with Crippen molar-refractivity contribution >= 4 is 28.5 Å². The van der Waals surface area contributed by atoms with E-state index in [0.717, 1.165) is 12.1 Å². The van der Waals surface area contributed by atoms with Crippen molar-refractivity contribution < 1.29 is 27.1 Å². The van der Waals surface area contributed by atoms with Crippen LogP contribution >= 0.6 is 0 Å². The fourth-order valence-corrected chi connectivity index (χ4v) is 4.81. The molecular weight excluding hydrogens is 482 g/mol. The van der Waals surface area contributed by atoms with Crippen molar-refractivity contribution in [3.8, 4) is 11.9 Å². The number of aromatic nitrogens is 3.